The molecule has 0 aromatic heterocycles. The first-order chi connectivity index (χ1) is 8.63. The number of hydrogen-bond donors (Lipinski definition) is 2. The molecule has 0 heterocycles. The van der Waals surface area contributed by atoms with Crippen LogP contribution in [0.15, 0.2) is 24.3 Å². The van der Waals surface area contributed by atoms with Gasteiger partial charge in [-0.1, -0.05) is 30.2 Å². The first kappa shape index (κ1) is 15.0. The van der Waals surface area contributed by atoms with E-state index in [9.17, 15) is 4.79 Å². The summed E-state index contributed by atoms with van der Waals surface area (Å²) in [5, 5.41) is 3.66. The summed E-state index contributed by atoms with van der Waals surface area (Å²) in [6.45, 7) is 2.66. The largest absolute Gasteiger partial charge is 0.350 e. The molecule has 1 aromatic carbocycles. The van der Waals surface area contributed by atoms with Crippen LogP contribution in [0.3, 0.4) is 0 Å². The Kier molecular flexibility index (Phi) is 6.76. The Labute approximate surface area is 114 Å². The number of carbonyl (C=O) groups excluding carboxylic acids is 1. The normalized spacial score (nSPS) is 12.2. The zero-order valence-electron chi connectivity index (χ0n) is 10.8. The van der Waals surface area contributed by atoms with Gasteiger partial charge in [0.25, 0.3) is 0 Å². The average Bonchev–Trinajstić information content (AvgIpc) is 2.34. The van der Waals surface area contributed by atoms with Gasteiger partial charge in [0.05, 0.1) is 6.04 Å². The zero-order chi connectivity index (χ0) is 13.4. The highest BCUT2D eigenvalue weighted by Crippen LogP contribution is 2.17. The molecule has 0 fully saturated rings. The minimum Gasteiger partial charge on any atom is -0.350 e. The molecule has 18 heavy (non-hydrogen) atoms. The fraction of sp³-hybridized carbons (Fsp3) is 0.500. The first-order valence-electron chi connectivity index (χ1n) is 6.38. The molecule has 0 aliphatic heterocycles. The van der Waals surface area contributed by atoms with Crippen molar-refractivity contribution in [3.8, 4) is 0 Å². The Balaban J connectivity index is 2.35. The van der Waals surface area contributed by atoms with Crippen molar-refractivity contribution in [2.24, 2.45) is 5.73 Å². The summed E-state index contributed by atoms with van der Waals surface area (Å²) in [6, 6.07) is 7.55. The Morgan fingerprint density at radius 2 is 2.17 bits per heavy atom. The van der Waals surface area contributed by atoms with Gasteiger partial charge >= 0.3 is 0 Å². The highest BCUT2D eigenvalue weighted by molar-refractivity contribution is 6.30. The second-order valence-corrected chi connectivity index (χ2v) is 4.88. The van der Waals surface area contributed by atoms with Crippen LogP contribution in [0.4, 0.5) is 0 Å². The van der Waals surface area contributed by atoms with Crippen LogP contribution >= 0.6 is 11.6 Å². The van der Waals surface area contributed by atoms with Gasteiger partial charge < -0.3 is 11.1 Å². The molecule has 3 nitrogen and oxygen atoms in total. The molecule has 1 atom stereocenters. The number of hydrogen-bond acceptors (Lipinski definition) is 2. The van der Waals surface area contributed by atoms with Gasteiger partial charge in [-0.3, -0.25) is 4.79 Å². The molecule has 3 N–H and O–H groups in total. The number of halogens is 1. The lowest BCUT2D eigenvalue weighted by atomic mass is 10.1. The molecule has 1 amide bonds. The van der Waals surface area contributed by atoms with E-state index in [0.717, 1.165) is 24.8 Å². The van der Waals surface area contributed by atoms with E-state index >= 15 is 0 Å². The maximum absolute atomic E-state index is 11.7. The van der Waals surface area contributed by atoms with E-state index in [1.165, 1.54) is 0 Å². The van der Waals surface area contributed by atoms with Gasteiger partial charge in [0.15, 0.2) is 0 Å². The lowest BCUT2D eigenvalue weighted by molar-refractivity contribution is -0.121. The van der Waals surface area contributed by atoms with E-state index in [1.807, 2.05) is 31.2 Å². The second-order valence-electron chi connectivity index (χ2n) is 4.44. The van der Waals surface area contributed by atoms with E-state index in [4.69, 9.17) is 17.3 Å². The number of benzene rings is 1. The molecule has 0 saturated heterocycles. The molecule has 1 aromatic rings. The van der Waals surface area contributed by atoms with E-state index in [2.05, 4.69) is 5.32 Å². The van der Waals surface area contributed by atoms with Crippen molar-refractivity contribution < 1.29 is 4.79 Å². The monoisotopic (exact) mass is 268 g/mol. The Morgan fingerprint density at radius 3 is 2.83 bits per heavy atom. The fourth-order valence-electron chi connectivity index (χ4n) is 1.78. The molecule has 0 radical (unpaired) electrons. The van der Waals surface area contributed by atoms with Crippen molar-refractivity contribution in [1.82, 2.24) is 5.32 Å². The van der Waals surface area contributed by atoms with Gasteiger partial charge in [0, 0.05) is 11.4 Å². The molecule has 0 unspecified atom stereocenters. The Hall–Kier alpha value is -1.06. The van der Waals surface area contributed by atoms with E-state index in [0.29, 0.717) is 18.0 Å². The minimum atomic E-state index is -0.00860. The van der Waals surface area contributed by atoms with E-state index < -0.39 is 0 Å². The summed E-state index contributed by atoms with van der Waals surface area (Å²) < 4.78 is 0. The summed E-state index contributed by atoms with van der Waals surface area (Å²) in [7, 11) is 0. The maximum atomic E-state index is 11.7. The molecule has 0 aliphatic carbocycles. The Morgan fingerprint density at radius 1 is 1.39 bits per heavy atom. The quantitative estimate of drug-likeness (QED) is 0.747. The van der Waals surface area contributed by atoms with Gasteiger partial charge in [0.2, 0.25) is 5.91 Å². The number of carbonyl (C=O) groups is 1. The Bertz CT molecular complexity index is 382. The standard InChI is InChI=1S/C14H21ClN2O/c1-11(12-6-5-7-13(15)10-12)17-14(18)8-3-2-4-9-16/h5-7,10-11H,2-4,8-9,16H2,1H3,(H,17,18)/t11-/m0/s1. The van der Waals surface area contributed by atoms with Gasteiger partial charge in [0.1, 0.15) is 0 Å². The molecule has 0 bridgehead atoms. The summed E-state index contributed by atoms with van der Waals surface area (Å²) >= 11 is 5.92. The van der Waals surface area contributed by atoms with Crippen LogP contribution in [0.5, 0.6) is 0 Å². The minimum absolute atomic E-state index is 0.00860. The molecular formula is C14H21ClN2O. The van der Waals surface area contributed by atoms with Crippen molar-refractivity contribution in [2.75, 3.05) is 6.54 Å². The molecule has 0 aliphatic rings. The SMILES string of the molecule is C[C@H](NC(=O)CCCCCN)c1cccc(Cl)c1. The number of nitrogens with two attached hydrogens (primary N) is 1. The zero-order valence-corrected chi connectivity index (χ0v) is 11.5. The number of unbranched alkanes of at least 4 members (excludes halogenated alkanes) is 2. The predicted octanol–water partition coefficient (Wildman–Crippen LogP) is 3.04. The molecule has 0 spiro atoms. The van der Waals surface area contributed by atoms with Crippen LogP contribution in [0.25, 0.3) is 0 Å². The lowest BCUT2D eigenvalue weighted by Crippen LogP contribution is -2.26. The van der Waals surface area contributed by atoms with Crippen molar-refractivity contribution in [2.45, 2.75) is 38.6 Å². The maximum Gasteiger partial charge on any atom is 0.220 e. The molecule has 100 valence electrons. The van der Waals surface area contributed by atoms with E-state index in [-0.39, 0.29) is 11.9 Å². The number of nitrogens with one attached hydrogen (secondary N) is 1. The van der Waals surface area contributed by atoms with Crippen LogP contribution < -0.4 is 11.1 Å². The van der Waals surface area contributed by atoms with Crippen LogP contribution in [0, 0.1) is 0 Å². The fourth-order valence-corrected chi connectivity index (χ4v) is 1.98. The molecule has 0 saturated carbocycles. The van der Waals surface area contributed by atoms with Crippen molar-refractivity contribution in [1.29, 1.82) is 0 Å². The molecule has 1 rings (SSSR count). The third-order valence-electron chi connectivity index (χ3n) is 2.83. The average molecular weight is 269 g/mol. The van der Waals surface area contributed by atoms with Gasteiger partial charge in [-0.15, -0.1) is 0 Å². The summed E-state index contributed by atoms with van der Waals surface area (Å²) in [6.07, 6.45) is 3.45. The van der Waals surface area contributed by atoms with Crippen molar-refractivity contribution in [3.63, 3.8) is 0 Å². The van der Waals surface area contributed by atoms with Gasteiger partial charge in [-0.05, 0) is 44.0 Å². The summed E-state index contributed by atoms with van der Waals surface area (Å²) in [5.74, 6) is 0.0829. The van der Waals surface area contributed by atoms with Crippen LogP contribution in [0.1, 0.15) is 44.2 Å². The van der Waals surface area contributed by atoms with E-state index in [1.54, 1.807) is 0 Å². The number of amides is 1. The van der Waals surface area contributed by atoms with Crippen LogP contribution in [0.2, 0.25) is 5.02 Å². The van der Waals surface area contributed by atoms with Crippen molar-refractivity contribution >= 4 is 17.5 Å². The van der Waals surface area contributed by atoms with Gasteiger partial charge in [-0.2, -0.15) is 0 Å². The van der Waals surface area contributed by atoms with Crippen LogP contribution in [-0.4, -0.2) is 12.5 Å². The van der Waals surface area contributed by atoms with Crippen LogP contribution in [-0.2, 0) is 4.79 Å². The highest BCUT2D eigenvalue weighted by Gasteiger charge is 2.09. The predicted molar refractivity (Wildman–Crippen MR) is 75.5 cm³/mol. The second kappa shape index (κ2) is 8.11. The summed E-state index contributed by atoms with van der Waals surface area (Å²) in [4.78, 5) is 11.7. The molecule has 4 heteroatoms. The summed E-state index contributed by atoms with van der Waals surface area (Å²) in [5.41, 5.74) is 6.43. The topological polar surface area (TPSA) is 55.1 Å². The third kappa shape index (κ3) is 5.52. The smallest absolute Gasteiger partial charge is 0.220 e. The first-order valence-corrected chi connectivity index (χ1v) is 6.76. The van der Waals surface area contributed by atoms with Gasteiger partial charge in [-0.25, -0.2) is 0 Å². The lowest BCUT2D eigenvalue weighted by Gasteiger charge is -2.14. The van der Waals surface area contributed by atoms with Crippen molar-refractivity contribution in [3.05, 3.63) is 34.9 Å². The third-order valence-corrected chi connectivity index (χ3v) is 3.07. The molecular weight excluding hydrogens is 248 g/mol. The number of rotatable bonds is 7. The highest BCUT2D eigenvalue weighted by atomic mass is 35.5.